The van der Waals surface area contributed by atoms with Crippen molar-refractivity contribution in [1.29, 1.82) is 0 Å². The molecule has 0 spiro atoms. The van der Waals surface area contributed by atoms with E-state index in [1.807, 2.05) is 12.1 Å². The molecule has 0 saturated carbocycles. The first kappa shape index (κ1) is 21.9. The molecule has 4 nitrogen and oxygen atoms in total. The number of nitrogens with zero attached hydrogens (tertiary/aromatic N) is 2. The van der Waals surface area contributed by atoms with Gasteiger partial charge in [-0.15, -0.1) is 0 Å². The fourth-order valence-electron chi connectivity index (χ4n) is 4.40. The van der Waals surface area contributed by atoms with Gasteiger partial charge in [0, 0.05) is 41.3 Å². The summed E-state index contributed by atoms with van der Waals surface area (Å²) in [5, 5.41) is 5.19. The number of nitrogens with one attached hydrogen (secondary N) is 1. The summed E-state index contributed by atoms with van der Waals surface area (Å²) in [4.78, 5) is 15.0. The predicted octanol–water partition coefficient (Wildman–Crippen LogP) is 5.47. The van der Waals surface area contributed by atoms with E-state index in [0.29, 0.717) is 0 Å². The Bertz CT molecular complexity index is 1020. The van der Waals surface area contributed by atoms with Crippen molar-refractivity contribution in [3.8, 4) is 0 Å². The Balaban J connectivity index is 1.46. The van der Waals surface area contributed by atoms with Crippen LogP contribution in [0.2, 0.25) is 5.02 Å². The largest absolute Gasteiger partial charge is 0.353 e. The summed E-state index contributed by atoms with van der Waals surface area (Å²) < 4.78 is 2.42. The number of halogens is 1. The molecule has 1 saturated heterocycles. The summed E-state index contributed by atoms with van der Waals surface area (Å²) in [7, 11) is 0. The molecule has 0 radical (unpaired) electrons. The molecule has 2 heterocycles. The zero-order valence-corrected chi connectivity index (χ0v) is 19.2. The molecular formula is C26H32ClN3O. The molecule has 3 aromatic rings. The third-order valence-electron chi connectivity index (χ3n) is 6.50. The number of piperidine rings is 1. The maximum Gasteiger partial charge on any atom is 0.223 e. The van der Waals surface area contributed by atoms with Crippen molar-refractivity contribution >= 4 is 28.4 Å². The van der Waals surface area contributed by atoms with E-state index in [2.05, 4.69) is 71.1 Å². The number of para-hydroxylation sites is 1. The standard InChI is InChI=1S/C26H32ClN3O/c1-3-19(2)28-26(31)21-12-14-29(15-13-21)18-24-16-22-6-4-5-7-25(22)30(24)17-20-8-10-23(27)11-9-20/h4-11,16,19,21H,3,12-15,17-18H2,1-2H3,(H,28,31)/t19-/m1/s1. The van der Waals surface area contributed by atoms with Crippen molar-refractivity contribution in [3.05, 3.63) is 70.9 Å². The second-order valence-corrected chi connectivity index (χ2v) is 9.21. The van der Waals surface area contributed by atoms with Crippen molar-refractivity contribution in [2.24, 2.45) is 5.92 Å². The predicted molar refractivity (Wildman–Crippen MR) is 128 cm³/mol. The lowest BCUT2D eigenvalue weighted by Crippen LogP contribution is -2.42. The molecule has 1 N–H and O–H groups in total. The van der Waals surface area contributed by atoms with Crippen LogP contribution >= 0.6 is 11.6 Å². The van der Waals surface area contributed by atoms with Gasteiger partial charge in [0.15, 0.2) is 0 Å². The van der Waals surface area contributed by atoms with Gasteiger partial charge in [-0.1, -0.05) is 48.9 Å². The topological polar surface area (TPSA) is 37.3 Å². The Morgan fingerprint density at radius 2 is 1.81 bits per heavy atom. The first-order chi connectivity index (χ1) is 15.0. The number of benzene rings is 2. The number of likely N-dealkylation sites (tertiary alicyclic amines) is 1. The fraction of sp³-hybridized carbons (Fsp3) is 0.423. The van der Waals surface area contributed by atoms with E-state index in [-0.39, 0.29) is 17.9 Å². The van der Waals surface area contributed by atoms with Gasteiger partial charge in [-0.3, -0.25) is 9.69 Å². The molecule has 0 unspecified atom stereocenters. The van der Waals surface area contributed by atoms with E-state index in [9.17, 15) is 4.79 Å². The van der Waals surface area contributed by atoms with Gasteiger partial charge in [0.25, 0.3) is 0 Å². The van der Waals surface area contributed by atoms with Crippen LogP contribution in [-0.4, -0.2) is 34.5 Å². The first-order valence-electron chi connectivity index (χ1n) is 11.4. The van der Waals surface area contributed by atoms with E-state index in [4.69, 9.17) is 11.6 Å². The number of carbonyl (C=O) groups is 1. The van der Waals surface area contributed by atoms with Gasteiger partial charge >= 0.3 is 0 Å². The molecule has 31 heavy (non-hydrogen) atoms. The summed E-state index contributed by atoms with van der Waals surface area (Å²) in [6.07, 6.45) is 2.84. The van der Waals surface area contributed by atoms with Crippen molar-refractivity contribution < 1.29 is 4.79 Å². The maximum atomic E-state index is 12.5. The summed E-state index contributed by atoms with van der Waals surface area (Å²) in [5.74, 6) is 0.371. The number of carbonyl (C=O) groups excluding carboxylic acids is 1. The highest BCUT2D eigenvalue weighted by atomic mass is 35.5. The third kappa shape index (κ3) is 5.31. The van der Waals surface area contributed by atoms with E-state index in [1.54, 1.807) is 0 Å². The zero-order chi connectivity index (χ0) is 21.8. The molecule has 1 aliphatic heterocycles. The van der Waals surface area contributed by atoms with Crippen LogP contribution < -0.4 is 5.32 Å². The molecule has 4 rings (SSSR count). The minimum atomic E-state index is 0.144. The van der Waals surface area contributed by atoms with Crippen LogP contribution in [0.3, 0.4) is 0 Å². The van der Waals surface area contributed by atoms with Crippen LogP contribution in [0.15, 0.2) is 54.6 Å². The van der Waals surface area contributed by atoms with E-state index in [1.165, 1.54) is 22.2 Å². The van der Waals surface area contributed by atoms with Crippen LogP contribution in [0.1, 0.15) is 44.4 Å². The van der Waals surface area contributed by atoms with Crippen LogP contribution in [0.4, 0.5) is 0 Å². The van der Waals surface area contributed by atoms with Gasteiger partial charge < -0.3 is 9.88 Å². The molecule has 164 valence electrons. The van der Waals surface area contributed by atoms with E-state index in [0.717, 1.165) is 50.5 Å². The lowest BCUT2D eigenvalue weighted by molar-refractivity contribution is -0.127. The highest BCUT2D eigenvalue weighted by Gasteiger charge is 2.26. The van der Waals surface area contributed by atoms with Crippen LogP contribution in [0.5, 0.6) is 0 Å². The van der Waals surface area contributed by atoms with Gasteiger partial charge in [0.2, 0.25) is 5.91 Å². The number of amides is 1. The van der Waals surface area contributed by atoms with E-state index >= 15 is 0 Å². The van der Waals surface area contributed by atoms with Gasteiger partial charge in [-0.25, -0.2) is 0 Å². The quantitative estimate of drug-likeness (QED) is 0.532. The normalized spacial score (nSPS) is 16.5. The number of fused-ring (bicyclic) bond motifs is 1. The van der Waals surface area contributed by atoms with Crippen molar-refractivity contribution in [2.75, 3.05) is 13.1 Å². The Labute approximate surface area is 190 Å². The summed E-state index contributed by atoms with van der Waals surface area (Å²) in [5.41, 5.74) is 3.82. The van der Waals surface area contributed by atoms with Crippen LogP contribution in [0.25, 0.3) is 10.9 Å². The van der Waals surface area contributed by atoms with Gasteiger partial charge in [0.05, 0.1) is 0 Å². The second-order valence-electron chi connectivity index (χ2n) is 8.78. The summed E-state index contributed by atoms with van der Waals surface area (Å²) in [6, 6.07) is 19.3. The highest BCUT2D eigenvalue weighted by molar-refractivity contribution is 6.30. The zero-order valence-electron chi connectivity index (χ0n) is 18.5. The lowest BCUT2D eigenvalue weighted by Gasteiger charge is -2.32. The SMILES string of the molecule is CC[C@@H](C)NC(=O)C1CCN(Cc2cc3ccccc3n2Cc2ccc(Cl)cc2)CC1. The molecule has 2 aromatic carbocycles. The molecule has 1 aliphatic rings. The Morgan fingerprint density at radius 1 is 1.10 bits per heavy atom. The van der Waals surface area contributed by atoms with Crippen molar-refractivity contribution in [3.63, 3.8) is 0 Å². The number of rotatable bonds is 7. The Kier molecular flexibility index (Phi) is 6.99. The summed E-state index contributed by atoms with van der Waals surface area (Å²) in [6.45, 7) is 7.83. The molecule has 0 bridgehead atoms. The van der Waals surface area contributed by atoms with Crippen LogP contribution in [0, 0.1) is 5.92 Å². The van der Waals surface area contributed by atoms with Crippen molar-refractivity contribution in [1.82, 2.24) is 14.8 Å². The monoisotopic (exact) mass is 437 g/mol. The molecular weight excluding hydrogens is 406 g/mol. The van der Waals surface area contributed by atoms with Gasteiger partial charge in [-0.2, -0.15) is 0 Å². The van der Waals surface area contributed by atoms with Crippen LogP contribution in [-0.2, 0) is 17.9 Å². The fourth-order valence-corrected chi connectivity index (χ4v) is 4.53. The molecule has 1 amide bonds. The lowest BCUT2D eigenvalue weighted by atomic mass is 9.95. The number of hydrogen-bond donors (Lipinski definition) is 1. The number of aromatic nitrogens is 1. The van der Waals surface area contributed by atoms with Gasteiger partial charge in [-0.05, 0) is 74.5 Å². The average molecular weight is 438 g/mol. The Hall–Kier alpha value is -2.30. The molecule has 1 fully saturated rings. The minimum absolute atomic E-state index is 0.144. The Morgan fingerprint density at radius 3 is 2.52 bits per heavy atom. The third-order valence-corrected chi connectivity index (χ3v) is 6.75. The molecule has 1 aromatic heterocycles. The smallest absolute Gasteiger partial charge is 0.223 e. The van der Waals surface area contributed by atoms with Crippen molar-refractivity contribution in [2.45, 2.75) is 52.2 Å². The first-order valence-corrected chi connectivity index (χ1v) is 11.8. The maximum absolute atomic E-state index is 12.5. The average Bonchev–Trinajstić information content (AvgIpc) is 3.12. The van der Waals surface area contributed by atoms with Gasteiger partial charge in [0.1, 0.15) is 0 Å². The second kappa shape index (κ2) is 9.88. The highest BCUT2D eigenvalue weighted by Crippen LogP contribution is 2.25. The molecule has 0 aliphatic carbocycles. The molecule has 5 heteroatoms. The molecule has 1 atom stereocenters. The minimum Gasteiger partial charge on any atom is -0.353 e. The number of hydrogen-bond acceptors (Lipinski definition) is 2. The van der Waals surface area contributed by atoms with E-state index < -0.39 is 0 Å². The summed E-state index contributed by atoms with van der Waals surface area (Å²) >= 11 is 6.08.